The van der Waals surface area contributed by atoms with E-state index in [1.54, 1.807) is 6.26 Å². The fourth-order valence-electron chi connectivity index (χ4n) is 6.34. The number of fused-ring (bicyclic) bond motifs is 9. The number of hydrogen-bond donors (Lipinski definition) is 0. The number of esters is 1. The molecule has 4 aliphatic rings. The zero-order valence-electron chi connectivity index (χ0n) is 24.1. The lowest BCUT2D eigenvalue weighted by atomic mass is 9.79. The first-order valence-corrected chi connectivity index (χ1v) is 14.6. The summed E-state index contributed by atoms with van der Waals surface area (Å²) in [4.78, 5) is 21.0. The minimum absolute atomic E-state index is 0.0141. The van der Waals surface area contributed by atoms with Gasteiger partial charge < -0.3 is 28.1 Å². The molecule has 0 saturated carbocycles. The van der Waals surface area contributed by atoms with Gasteiger partial charge in [-0.25, -0.2) is 14.6 Å². The number of nitrogens with zero attached hydrogens (tertiary/aromatic N) is 2. The Morgan fingerprint density at radius 1 is 1.07 bits per heavy atom. The molecule has 3 saturated heterocycles. The van der Waals surface area contributed by atoms with E-state index in [2.05, 4.69) is 16.4 Å². The summed E-state index contributed by atoms with van der Waals surface area (Å²) >= 11 is 0. The Morgan fingerprint density at radius 2 is 1.88 bits per heavy atom. The first-order chi connectivity index (χ1) is 19.8. The number of aromatic nitrogens is 1. The third-order valence-electron chi connectivity index (χ3n) is 8.42. The van der Waals surface area contributed by atoms with Crippen molar-refractivity contribution in [3.63, 3.8) is 0 Å². The molecule has 41 heavy (non-hydrogen) atoms. The van der Waals surface area contributed by atoms with E-state index >= 15 is 0 Å². The van der Waals surface area contributed by atoms with Crippen LogP contribution in [-0.2, 0) is 28.5 Å². The highest BCUT2D eigenvalue weighted by atomic mass is 16.7. The minimum Gasteiger partial charge on any atom is -0.458 e. The maximum atomic E-state index is 13.0. The molecule has 8 bridgehead atoms. The van der Waals surface area contributed by atoms with E-state index in [0.29, 0.717) is 31.0 Å². The fraction of sp³-hybridized carbons (Fsp3) is 0.594. The smallest absolute Gasteiger partial charge is 0.330 e. The number of hydrogen-bond acceptors (Lipinski definition) is 8. The number of ether oxygens (including phenoxy) is 5. The average molecular weight is 565 g/mol. The average Bonchev–Trinajstić information content (AvgIpc) is 3.41. The molecule has 0 spiro atoms. The molecule has 220 valence electrons. The lowest BCUT2D eigenvalue weighted by Crippen LogP contribution is -2.50. The van der Waals surface area contributed by atoms with Crippen LogP contribution < -0.4 is 0 Å². The summed E-state index contributed by atoms with van der Waals surface area (Å²) in [5.74, 6) is -0.145. The van der Waals surface area contributed by atoms with Crippen LogP contribution >= 0.6 is 0 Å². The fourth-order valence-corrected chi connectivity index (χ4v) is 6.34. The van der Waals surface area contributed by atoms with E-state index in [9.17, 15) is 4.79 Å². The van der Waals surface area contributed by atoms with Crippen LogP contribution in [0, 0.1) is 18.4 Å². The lowest BCUT2D eigenvalue weighted by Gasteiger charge is -2.44. The molecule has 0 aromatic carbocycles. The maximum absolute atomic E-state index is 13.0. The van der Waals surface area contributed by atoms with Gasteiger partial charge in [-0.3, -0.25) is 0 Å². The van der Waals surface area contributed by atoms with Gasteiger partial charge in [-0.2, -0.15) is 0 Å². The molecule has 1 aromatic heterocycles. The Bertz CT molecular complexity index is 1230. The molecule has 5 rings (SSSR count). The first-order valence-electron chi connectivity index (χ1n) is 14.6. The monoisotopic (exact) mass is 564 g/mol. The highest BCUT2D eigenvalue weighted by Gasteiger charge is 2.43. The molecule has 9 heteroatoms. The summed E-state index contributed by atoms with van der Waals surface area (Å²) in [7, 11) is 0. The Balaban J connectivity index is 1.41. The summed E-state index contributed by atoms with van der Waals surface area (Å²) in [6, 6.07) is 0. The molecule has 5 heterocycles. The minimum atomic E-state index is -0.593. The van der Waals surface area contributed by atoms with Crippen LogP contribution in [0.15, 0.2) is 52.8 Å². The molecule has 0 amide bonds. The third-order valence-corrected chi connectivity index (χ3v) is 8.42. The zero-order valence-corrected chi connectivity index (χ0v) is 24.1. The predicted molar refractivity (Wildman–Crippen MR) is 151 cm³/mol. The molecule has 1 aromatic rings. The molecule has 0 aliphatic carbocycles. The summed E-state index contributed by atoms with van der Waals surface area (Å²) < 4.78 is 36.7. The van der Waals surface area contributed by atoms with Crippen molar-refractivity contribution >= 4 is 12.0 Å². The standard InChI is InChI=1S/C32H40N2O7/c1-19-14-23-8-6-11-29(35)41-31-21(3)27(40-30(22(31)4)20(2)17-33-5)9-7-10-28-34-26(18-37-28)32-36-13-12-24(39-32)16-25(15-19)38-23/h6-7,10-11,17-18,21-25,27,30-32H,1,8-9,12-16H2,2-4H3/b10-7+,11-6+,20-17+/t21-,22-,23-,24-,25+,27+,30-,31-,32-/m0/s1. The van der Waals surface area contributed by atoms with E-state index < -0.39 is 6.29 Å². The quantitative estimate of drug-likeness (QED) is 0.229. The van der Waals surface area contributed by atoms with Crippen LogP contribution in [0.25, 0.3) is 10.9 Å². The van der Waals surface area contributed by atoms with Crippen molar-refractivity contribution in [2.24, 2.45) is 11.8 Å². The Hall–Kier alpha value is -3.03. The van der Waals surface area contributed by atoms with Gasteiger partial charge in [0.15, 0.2) is 6.20 Å². The highest BCUT2D eigenvalue weighted by molar-refractivity contribution is 5.82. The van der Waals surface area contributed by atoms with E-state index in [4.69, 9.17) is 34.7 Å². The van der Waals surface area contributed by atoms with Gasteiger partial charge in [0.1, 0.15) is 18.1 Å². The number of carbonyl (C=O) groups excluding carboxylic acids is 1. The molecule has 4 aliphatic heterocycles. The predicted octanol–water partition coefficient (Wildman–Crippen LogP) is 6.11. The number of carbonyl (C=O) groups is 1. The second-order valence-electron chi connectivity index (χ2n) is 11.6. The zero-order chi connectivity index (χ0) is 28.9. The van der Waals surface area contributed by atoms with Crippen molar-refractivity contribution in [2.45, 2.75) is 102 Å². The molecule has 0 radical (unpaired) electrons. The Morgan fingerprint density at radius 3 is 2.71 bits per heavy atom. The van der Waals surface area contributed by atoms with Crippen molar-refractivity contribution in [3.8, 4) is 0 Å². The molecule has 9 nitrogen and oxygen atoms in total. The van der Waals surface area contributed by atoms with Crippen LogP contribution in [0.1, 0.15) is 77.2 Å². The largest absolute Gasteiger partial charge is 0.458 e. The molecule has 9 atom stereocenters. The maximum Gasteiger partial charge on any atom is 0.330 e. The molecular formula is C32H40N2O7. The van der Waals surface area contributed by atoms with Gasteiger partial charge in [-0.05, 0) is 43.8 Å². The van der Waals surface area contributed by atoms with E-state index in [-0.39, 0.29) is 54.4 Å². The van der Waals surface area contributed by atoms with Crippen molar-refractivity contribution in [1.29, 1.82) is 0 Å². The second kappa shape index (κ2) is 13.3. The van der Waals surface area contributed by atoms with Gasteiger partial charge in [0.25, 0.3) is 0 Å². The summed E-state index contributed by atoms with van der Waals surface area (Å²) in [6.45, 7) is 18.0. The Labute approximate surface area is 242 Å². The van der Waals surface area contributed by atoms with E-state index in [1.165, 1.54) is 12.3 Å². The van der Waals surface area contributed by atoms with Crippen LogP contribution in [0.5, 0.6) is 0 Å². The van der Waals surface area contributed by atoms with Gasteiger partial charge >= 0.3 is 5.97 Å². The van der Waals surface area contributed by atoms with Gasteiger partial charge in [0, 0.05) is 24.3 Å². The van der Waals surface area contributed by atoms with Gasteiger partial charge in [0.2, 0.25) is 12.2 Å². The van der Waals surface area contributed by atoms with Crippen LogP contribution in [-0.4, -0.2) is 54.2 Å². The summed E-state index contributed by atoms with van der Waals surface area (Å²) in [5.41, 5.74) is 2.55. The van der Waals surface area contributed by atoms with Crippen molar-refractivity contribution in [2.75, 3.05) is 6.61 Å². The van der Waals surface area contributed by atoms with Crippen LogP contribution in [0.3, 0.4) is 0 Å². The van der Waals surface area contributed by atoms with Gasteiger partial charge in [0.05, 0.1) is 43.7 Å². The topological polar surface area (TPSA) is 93.6 Å². The summed E-state index contributed by atoms with van der Waals surface area (Å²) in [5, 5.41) is 0. The van der Waals surface area contributed by atoms with Crippen LogP contribution in [0.4, 0.5) is 0 Å². The number of oxazole rings is 1. The van der Waals surface area contributed by atoms with Crippen molar-refractivity contribution < 1.29 is 32.9 Å². The molecule has 0 N–H and O–H groups in total. The SMILES string of the molecule is [C-]#[N+]/C=C(\C)[C@@H]1O[C@@H]2C/C=C/c3nc(co3)[C@H]3OCC[C@@H](C[C@H]4CC(=C)C[C@H](C/C=C/C(=O)O[C@@H]([C@H]2C)[C@H]1C)O4)O3. The third kappa shape index (κ3) is 7.25. The van der Waals surface area contributed by atoms with Gasteiger partial charge in [-0.1, -0.05) is 45.1 Å². The summed E-state index contributed by atoms with van der Waals surface area (Å²) in [6.07, 6.45) is 12.7. The van der Waals surface area contributed by atoms with Crippen molar-refractivity contribution in [3.05, 3.63) is 71.4 Å². The number of rotatable bonds is 1. The second-order valence-corrected chi connectivity index (χ2v) is 11.6. The van der Waals surface area contributed by atoms with E-state index in [1.807, 2.05) is 39.0 Å². The van der Waals surface area contributed by atoms with Crippen molar-refractivity contribution in [1.82, 2.24) is 4.98 Å². The first kappa shape index (κ1) is 29.5. The van der Waals surface area contributed by atoms with Crippen LogP contribution in [0.2, 0.25) is 0 Å². The Kier molecular flexibility index (Phi) is 9.56. The van der Waals surface area contributed by atoms with Gasteiger partial charge in [-0.15, -0.1) is 0 Å². The molecule has 3 fully saturated rings. The molecule has 0 unspecified atom stereocenters. The highest BCUT2D eigenvalue weighted by Crippen LogP contribution is 2.38. The van der Waals surface area contributed by atoms with E-state index in [0.717, 1.165) is 36.8 Å². The lowest BCUT2D eigenvalue weighted by molar-refractivity contribution is -0.227. The molecular weight excluding hydrogens is 524 g/mol. The normalized spacial score (nSPS) is 38.6.